The molecule has 8 nitrogen and oxygen atoms in total. The number of nitrogens with zero attached hydrogens (tertiary/aromatic N) is 3. The van der Waals surface area contributed by atoms with E-state index < -0.39 is 33.5 Å². The number of aromatic nitrogens is 1. The molecule has 10 heteroatoms. The van der Waals surface area contributed by atoms with Gasteiger partial charge in [-0.1, -0.05) is 0 Å². The molecule has 1 aromatic carbocycles. The van der Waals surface area contributed by atoms with Gasteiger partial charge in [-0.2, -0.15) is 9.57 Å². The molecule has 0 radical (unpaired) electrons. The van der Waals surface area contributed by atoms with Gasteiger partial charge in [-0.25, -0.2) is 22.6 Å². The number of hydrogen-bond acceptors (Lipinski definition) is 6. The molecule has 134 valence electrons. The molecule has 26 heavy (non-hydrogen) atoms. The van der Waals surface area contributed by atoms with Crippen molar-refractivity contribution in [3.8, 4) is 11.9 Å². The standard InChI is InChI=1S/C16H12FN3O5S/c17-14-2-1-12(6-13(14)16(21)22)26(23,24)20-8-11(9-20)25-15-5-10(7-18)3-4-19-15/h1-6,11H,8-9H2,(H,21,22). The normalized spacial score (nSPS) is 15.1. The number of hydrogen-bond donors (Lipinski definition) is 1. The fourth-order valence-electron chi connectivity index (χ4n) is 2.36. The van der Waals surface area contributed by atoms with E-state index in [2.05, 4.69) is 4.98 Å². The van der Waals surface area contributed by atoms with Gasteiger partial charge < -0.3 is 9.84 Å². The van der Waals surface area contributed by atoms with Gasteiger partial charge in [-0.05, 0) is 24.3 Å². The summed E-state index contributed by atoms with van der Waals surface area (Å²) in [5, 5.41) is 17.7. The molecule has 1 aliphatic rings. The monoisotopic (exact) mass is 377 g/mol. The second-order valence-corrected chi connectivity index (χ2v) is 7.44. The van der Waals surface area contributed by atoms with Crippen molar-refractivity contribution in [1.82, 2.24) is 9.29 Å². The van der Waals surface area contributed by atoms with Gasteiger partial charge in [0, 0.05) is 12.3 Å². The Kier molecular flexibility index (Phi) is 4.58. The third-order valence-electron chi connectivity index (χ3n) is 3.77. The van der Waals surface area contributed by atoms with Crippen LogP contribution < -0.4 is 4.74 Å². The Morgan fingerprint density at radius 3 is 2.73 bits per heavy atom. The lowest BCUT2D eigenvalue weighted by molar-refractivity contribution is 0.0690. The lowest BCUT2D eigenvalue weighted by Gasteiger charge is -2.37. The molecule has 1 aromatic heterocycles. The Morgan fingerprint density at radius 1 is 1.35 bits per heavy atom. The third-order valence-corrected chi connectivity index (χ3v) is 5.60. The Hall–Kier alpha value is -3.03. The molecule has 0 unspecified atom stereocenters. The minimum absolute atomic E-state index is 0.0283. The van der Waals surface area contributed by atoms with Crippen molar-refractivity contribution in [2.24, 2.45) is 0 Å². The van der Waals surface area contributed by atoms with Gasteiger partial charge in [0.25, 0.3) is 0 Å². The zero-order chi connectivity index (χ0) is 18.9. The van der Waals surface area contributed by atoms with Crippen LogP contribution in [0, 0.1) is 17.1 Å². The summed E-state index contributed by atoms with van der Waals surface area (Å²) in [6.07, 6.45) is 0.957. The molecule has 2 aromatic rings. The lowest BCUT2D eigenvalue weighted by atomic mass is 10.2. The van der Waals surface area contributed by atoms with E-state index in [9.17, 15) is 17.6 Å². The van der Waals surface area contributed by atoms with Crippen LogP contribution in [0.5, 0.6) is 5.88 Å². The van der Waals surface area contributed by atoms with Crippen LogP contribution in [-0.4, -0.2) is 48.0 Å². The largest absolute Gasteiger partial charge is 0.478 e. The zero-order valence-corrected chi connectivity index (χ0v) is 14.0. The number of carbonyl (C=O) groups is 1. The predicted molar refractivity (Wildman–Crippen MR) is 85.5 cm³/mol. The van der Waals surface area contributed by atoms with Crippen LogP contribution in [0.4, 0.5) is 4.39 Å². The Morgan fingerprint density at radius 2 is 2.08 bits per heavy atom. The first-order valence-electron chi connectivity index (χ1n) is 7.37. The highest BCUT2D eigenvalue weighted by Crippen LogP contribution is 2.25. The molecule has 1 N–H and O–H groups in total. The van der Waals surface area contributed by atoms with Crippen molar-refractivity contribution in [1.29, 1.82) is 5.26 Å². The molecule has 1 saturated heterocycles. The summed E-state index contributed by atoms with van der Waals surface area (Å²) in [7, 11) is -3.96. The van der Waals surface area contributed by atoms with Crippen LogP contribution in [0.2, 0.25) is 0 Å². The van der Waals surface area contributed by atoms with Crippen LogP contribution in [0.3, 0.4) is 0 Å². The van der Waals surface area contributed by atoms with E-state index in [1.165, 1.54) is 18.3 Å². The number of sulfonamides is 1. The second kappa shape index (κ2) is 6.70. The summed E-state index contributed by atoms with van der Waals surface area (Å²) in [4.78, 5) is 14.6. The van der Waals surface area contributed by atoms with Crippen LogP contribution in [0.25, 0.3) is 0 Å². The fraction of sp³-hybridized carbons (Fsp3) is 0.188. The van der Waals surface area contributed by atoms with Crippen molar-refractivity contribution in [3.63, 3.8) is 0 Å². The van der Waals surface area contributed by atoms with Crippen molar-refractivity contribution in [3.05, 3.63) is 53.5 Å². The lowest BCUT2D eigenvalue weighted by Crippen LogP contribution is -2.56. The summed E-state index contributed by atoms with van der Waals surface area (Å²) in [5.41, 5.74) is -0.344. The molecular weight excluding hydrogens is 365 g/mol. The molecule has 1 aliphatic heterocycles. The average molecular weight is 377 g/mol. The van der Waals surface area contributed by atoms with Crippen LogP contribution in [0.1, 0.15) is 15.9 Å². The Bertz CT molecular complexity index is 1010. The first kappa shape index (κ1) is 17.8. The summed E-state index contributed by atoms with van der Waals surface area (Å²) in [5.74, 6) is -2.35. The van der Waals surface area contributed by atoms with Crippen molar-refractivity contribution >= 4 is 16.0 Å². The highest BCUT2D eigenvalue weighted by atomic mass is 32.2. The molecule has 0 spiro atoms. The van der Waals surface area contributed by atoms with Crippen molar-refractivity contribution in [2.75, 3.05) is 13.1 Å². The Labute approximate surface area is 148 Å². The van der Waals surface area contributed by atoms with E-state index in [4.69, 9.17) is 15.1 Å². The quantitative estimate of drug-likeness (QED) is 0.832. The van der Waals surface area contributed by atoms with Crippen molar-refractivity contribution in [2.45, 2.75) is 11.0 Å². The highest BCUT2D eigenvalue weighted by Gasteiger charge is 2.38. The fourth-order valence-corrected chi connectivity index (χ4v) is 3.89. The van der Waals surface area contributed by atoms with Crippen LogP contribution in [0.15, 0.2) is 41.4 Å². The minimum Gasteiger partial charge on any atom is -0.478 e. The first-order valence-corrected chi connectivity index (χ1v) is 8.81. The maximum atomic E-state index is 13.4. The number of benzene rings is 1. The number of aromatic carboxylic acids is 1. The topological polar surface area (TPSA) is 121 Å². The number of ether oxygens (including phenoxy) is 1. The van der Waals surface area contributed by atoms with Gasteiger partial charge in [0.2, 0.25) is 15.9 Å². The van der Waals surface area contributed by atoms with E-state index in [0.717, 1.165) is 22.5 Å². The number of pyridine rings is 1. The van der Waals surface area contributed by atoms with E-state index in [1.54, 1.807) is 0 Å². The summed E-state index contributed by atoms with van der Waals surface area (Å²) >= 11 is 0. The summed E-state index contributed by atoms with van der Waals surface area (Å²) in [6, 6.07) is 7.51. The first-order chi connectivity index (χ1) is 12.3. The maximum Gasteiger partial charge on any atom is 0.338 e. The van der Waals surface area contributed by atoms with E-state index in [-0.39, 0.29) is 23.9 Å². The smallest absolute Gasteiger partial charge is 0.338 e. The van der Waals surface area contributed by atoms with E-state index >= 15 is 0 Å². The highest BCUT2D eigenvalue weighted by molar-refractivity contribution is 7.89. The van der Waals surface area contributed by atoms with Crippen LogP contribution >= 0.6 is 0 Å². The third kappa shape index (κ3) is 3.35. The van der Waals surface area contributed by atoms with Crippen LogP contribution in [-0.2, 0) is 10.0 Å². The number of carboxylic acid groups (broad SMARTS) is 1. The van der Waals surface area contributed by atoms with Gasteiger partial charge >= 0.3 is 5.97 Å². The minimum atomic E-state index is -3.96. The molecule has 0 bridgehead atoms. The molecule has 0 amide bonds. The maximum absolute atomic E-state index is 13.4. The average Bonchev–Trinajstić information content (AvgIpc) is 2.57. The van der Waals surface area contributed by atoms with E-state index in [0.29, 0.717) is 5.56 Å². The second-order valence-electron chi connectivity index (χ2n) is 5.50. The molecular formula is C16H12FN3O5S. The predicted octanol–water partition coefficient (Wildman–Crippen LogP) is 1.24. The Balaban J connectivity index is 1.71. The molecule has 1 fully saturated rings. The molecule has 3 rings (SSSR count). The number of carboxylic acids is 1. The SMILES string of the molecule is N#Cc1ccnc(OC2CN(S(=O)(=O)c3ccc(F)c(C(=O)O)c3)C2)c1. The van der Waals surface area contributed by atoms with Gasteiger partial charge in [0.05, 0.1) is 35.2 Å². The van der Waals surface area contributed by atoms with Gasteiger partial charge in [-0.15, -0.1) is 0 Å². The van der Waals surface area contributed by atoms with Gasteiger partial charge in [-0.3, -0.25) is 0 Å². The van der Waals surface area contributed by atoms with Gasteiger partial charge in [0.15, 0.2) is 0 Å². The molecule has 0 atom stereocenters. The summed E-state index contributed by atoms with van der Waals surface area (Å²) < 4.78 is 45.0. The van der Waals surface area contributed by atoms with E-state index in [1.807, 2.05) is 6.07 Å². The molecule has 2 heterocycles. The van der Waals surface area contributed by atoms with Crippen molar-refractivity contribution < 1.29 is 27.4 Å². The number of rotatable bonds is 5. The van der Waals surface area contributed by atoms with Gasteiger partial charge in [0.1, 0.15) is 11.9 Å². The molecule has 0 aliphatic carbocycles. The number of nitriles is 1. The molecule has 0 saturated carbocycles. The zero-order valence-electron chi connectivity index (χ0n) is 13.2. The summed E-state index contributed by atoms with van der Waals surface area (Å²) in [6.45, 7) is 0.0567. The number of halogens is 1.